The molecule has 2 amide bonds. The Morgan fingerprint density at radius 1 is 1.04 bits per heavy atom. The SMILES string of the molecule is C=CC(=O)N[C@@H]1c2ccccc2C[C@H]1NC(=O)c1cnc2ccccc2n1. The minimum Gasteiger partial charge on any atom is -0.345 e. The van der Waals surface area contributed by atoms with Crippen LogP contribution in [0.3, 0.4) is 0 Å². The molecule has 0 fully saturated rings. The zero-order valence-corrected chi connectivity index (χ0v) is 14.6. The number of nitrogens with zero attached hydrogens (tertiary/aromatic N) is 2. The molecule has 2 N–H and O–H groups in total. The van der Waals surface area contributed by atoms with E-state index in [1.165, 1.54) is 12.3 Å². The second-order valence-corrected chi connectivity index (χ2v) is 6.42. The van der Waals surface area contributed by atoms with Crippen molar-refractivity contribution in [2.45, 2.75) is 18.5 Å². The predicted octanol–water partition coefficient (Wildman–Crippen LogP) is 2.33. The summed E-state index contributed by atoms with van der Waals surface area (Å²) >= 11 is 0. The molecule has 2 aromatic carbocycles. The highest BCUT2D eigenvalue weighted by atomic mass is 16.2. The minimum absolute atomic E-state index is 0.249. The molecule has 1 aliphatic rings. The normalized spacial score (nSPS) is 17.9. The quantitative estimate of drug-likeness (QED) is 0.701. The fourth-order valence-electron chi connectivity index (χ4n) is 3.43. The monoisotopic (exact) mass is 358 g/mol. The van der Waals surface area contributed by atoms with Crippen molar-refractivity contribution >= 4 is 22.8 Å². The van der Waals surface area contributed by atoms with Crippen molar-refractivity contribution in [1.82, 2.24) is 20.6 Å². The Hall–Kier alpha value is -3.54. The highest BCUT2D eigenvalue weighted by Gasteiger charge is 2.34. The smallest absolute Gasteiger partial charge is 0.271 e. The highest BCUT2D eigenvalue weighted by molar-refractivity contribution is 5.94. The Kier molecular flexibility index (Phi) is 4.38. The lowest BCUT2D eigenvalue weighted by Gasteiger charge is -2.22. The summed E-state index contributed by atoms with van der Waals surface area (Å²) in [6.45, 7) is 3.50. The zero-order chi connectivity index (χ0) is 18.8. The van der Waals surface area contributed by atoms with Crippen molar-refractivity contribution in [2.24, 2.45) is 0 Å². The summed E-state index contributed by atoms with van der Waals surface area (Å²) in [4.78, 5) is 33.3. The third kappa shape index (κ3) is 3.29. The van der Waals surface area contributed by atoms with Crippen LogP contribution < -0.4 is 10.6 Å². The summed E-state index contributed by atoms with van der Waals surface area (Å²) in [6.07, 6.45) is 3.33. The topological polar surface area (TPSA) is 84.0 Å². The van der Waals surface area contributed by atoms with Gasteiger partial charge < -0.3 is 10.6 Å². The minimum atomic E-state index is -0.316. The van der Waals surface area contributed by atoms with Gasteiger partial charge in [0.1, 0.15) is 5.69 Å². The lowest BCUT2D eigenvalue weighted by Crippen LogP contribution is -2.44. The first kappa shape index (κ1) is 16.9. The molecule has 3 aromatic rings. The number of amides is 2. The lowest BCUT2D eigenvalue weighted by molar-refractivity contribution is -0.117. The number of rotatable bonds is 4. The number of aromatic nitrogens is 2. The molecular formula is C21H18N4O2. The van der Waals surface area contributed by atoms with E-state index in [9.17, 15) is 9.59 Å². The molecule has 0 saturated carbocycles. The van der Waals surface area contributed by atoms with Gasteiger partial charge in [-0.2, -0.15) is 0 Å². The number of para-hydroxylation sites is 2. The van der Waals surface area contributed by atoms with Crippen LogP contribution in [0.2, 0.25) is 0 Å². The van der Waals surface area contributed by atoms with Crippen LogP contribution in [0, 0.1) is 0 Å². The molecule has 6 heteroatoms. The maximum atomic E-state index is 12.7. The van der Waals surface area contributed by atoms with E-state index in [0.717, 1.165) is 16.6 Å². The van der Waals surface area contributed by atoms with Crippen molar-refractivity contribution in [2.75, 3.05) is 0 Å². The van der Waals surface area contributed by atoms with E-state index < -0.39 is 0 Å². The van der Waals surface area contributed by atoms with Gasteiger partial charge in [-0.05, 0) is 35.8 Å². The Bertz CT molecular complexity index is 1050. The second-order valence-electron chi connectivity index (χ2n) is 6.42. The van der Waals surface area contributed by atoms with Crippen LogP contribution in [0.15, 0.2) is 67.4 Å². The molecule has 0 aliphatic heterocycles. The summed E-state index contributed by atoms with van der Waals surface area (Å²) in [5, 5.41) is 5.91. The number of fused-ring (bicyclic) bond motifs is 2. The van der Waals surface area contributed by atoms with Gasteiger partial charge in [0, 0.05) is 0 Å². The third-order valence-electron chi connectivity index (χ3n) is 4.71. The third-order valence-corrected chi connectivity index (χ3v) is 4.71. The van der Waals surface area contributed by atoms with E-state index in [0.29, 0.717) is 11.9 Å². The van der Waals surface area contributed by atoms with Crippen LogP contribution in [0.5, 0.6) is 0 Å². The molecule has 27 heavy (non-hydrogen) atoms. The average molecular weight is 358 g/mol. The first-order valence-corrected chi connectivity index (χ1v) is 8.69. The van der Waals surface area contributed by atoms with Gasteiger partial charge in [-0.1, -0.05) is 43.0 Å². The summed E-state index contributed by atoms with van der Waals surface area (Å²) in [7, 11) is 0. The van der Waals surface area contributed by atoms with Crippen molar-refractivity contribution in [3.8, 4) is 0 Å². The molecule has 134 valence electrons. The fraction of sp³-hybridized carbons (Fsp3) is 0.143. The van der Waals surface area contributed by atoms with Crippen LogP contribution in [0.25, 0.3) is 11.0 Å². The molecule has 4 rings (SSSR count). The van der Waals surface area contributed by atoms with Crippen LogP contribution in [-0.2, 0) is 11.2 Å². The van der Waals surface area contributed by atoms with Crippen molar-refractivity contribution in [3.05, 3.63) is 84.2 Å². The van der Waals surface area contributed by atoms with E-state index in [-0.39, 0.29) is 29.6 Å². The van der Waals surface area contributed by atoms with Gasteiger partial charge in [0.15, 0.2) is 0 Å². The average Bonchev–Trinajstić information content (AvgIpc) is 3.04. The van der Waals surface area contributed by atoms with Crippen molar-refractivity contribution < 1.29 is 9.59 Å². The van der Waals surface area contributed by atoms with Crippen LogP contribution in [0.1, 0.15) is 27.7 Å². The lowest BCUT2D eigenvalue weighted by atomic mass is 10.1. The van der Waals surface area contributed by atoms with E-state index in [2.05, 4.69) is 27.2 Å². The van der Waals surface area contributed by atoms with Gasteiger partial charge in [-0.3, -0.25) is 14.6 Å². The molecule has 0 spiro atoms. The number of benzene rings is 2. The van der Waals surface area contributed by atoms with E-state index >= 15 is 0 Å². The van der Waals surface area contributed by atoms with Gasteiger partial charge in [-0.15, -0.1) is 0 Å². The van der Waals surface area contributed by atoms with E-state index in [1.54, 1.807) is 0 Å². The summed E-state index contributed by atoms with van der Waals surface area (Å²) < 4.78 is 0. The Morgan fingerprint density at radius 2 is 1.78 bits per heavy atom. The molecule has 0 radical (unpaired) electrons. The first-order chi connectivity index (χ1) is 13.2. The molecule has 2 atom stereocenters. The second kappa shape index (κ2) is 6.99. The molecule has 6 nitrogen and oxygen atoms in total. The van der Waals surface area contributed by atoms with E-state index in [4.69, 9.17) is 0 Å². The number of hydrogen-bond acceptors (Lipinski definition) is 4. The maximum Gasteiger partial charge on any atom is 0.271 e. The Labute approximate surface area is 156 Å². The van der Waals surface area contributed by atoms with Crippen LogP contribution >= 0.6 is 0 Å². The standard InChI is InChI=1S/C21H18N4O2/c1-2-19(26)25-20-14-8-4-3-7-13(14)11-17(20)24-21(27)18-12-22-15-9-5-6-10-16(15)23-18/h2-10,12,17,20H,1,11H2,(H,24,27)(H,25,26)/t17-,20-/m1/s1. The van der Waals surface area contributed by atoms with E-state index in [1.807, 2.05) is 48.5 Å². The summed E-state index contributed by atoms with van der Waals surface area (Å²) in [6, 6.07) is 14.6. The molecule has 1 aromatic heterocycles. The van der Waals surface area contributed by atoms with Gasteiger partial charge in [0.25, 0.3) is 5.91 Å². The molecule has 1 heterocycles. The summed E-state index contributed by atoms with van der Waals surface area (Å²) in [5.74, 6) is -0.592. The molecule has 0 unspecified atom stereocenters. The Balaban J connectivity index is 1.58. The first-order valence-electron chi connectivity index (χ1n) is 8.69. The van der Waals surface area contributed by atoms with Crippen LogP contribution in [0.4, 0.5) is 0 Å². The number of hydrogen-bond donors (Lipinski definition) is 2. The van der Waals surface area contributed by atoms with Crippen molar-refractivity contribution in [3.63, 3.8) is 0 Å². The maximum absolute atomic E-state index is 12.7. The number of carbonyl (C=O) groups is 2. The number of nitrogens with one attached hydrogen (secondary N) is 2. The Morgan fingerprint density at radius 3 is 2.59 bits per heavy atom. The zero-order valence-electron chi connectivity index (χ0n) is 14.6. The predicted molar refractivity (Wildman–Crippen MR) is 102 cm³/mol. The summed E-state index contributed by atoms with van der Waals surface area (Å²) in [5.41, 5.74) is 3.75. The van der Waals surface area contributed by atoms with Crippen molar-refractivity contribution in [1.29, 1.82) is 0 Å². The van der Waals surface area contributed by atoms with Gasteiger partial charge in [-0.25, -0.2) is 4.98 Å². The molecule has 0 saturated heterocycles. The van der Waals surface area contributed by atoms with Crippen LogP contribution in [-0.4, -0.2) is 27.8 Å². The molecule has 1 aliphatic carbocycles. The van der Waals surface area contributed by atoms with Gasteiger partial charge in [0.2, 0.25) is 5.91 Å². The fourth-order valence-corrected chi connectivity index (χ4v) is 3.43. The molecule has 0 bridgehead atoms. The largest absolute Gasteiger partial charge is 0.345 e. The van der Waals surface area contributed by atoms with Gasteiger partial charge in [0.05, 0.1) is 29.3 Å². The van der Waals surface area contributed by atoms with Gasteiger partial charge >= 0.3 is 0 Å². The highest BCUT2D eigenvalue weighted by Crippen LogP contribution is 2.31. The number of carbonyl (C=O) groups excluding carboxylic acids is 2. The molecular weight excluding hydrogens is 340 g/mol.